The molecule has 1 amide bonds. The summed E-state index contributed by atoms with van der Waals surface area (Å²) in [6.45, 7) is 3.72. The summed E-state index contributed by atoms with van der Waals surface area (Å²) >= 11 is 3.05. The normalized spacial score (nSPS) is 17.2. The van der Waals surface area contributed by atoms with Crippen molar-refractivity contribution < 1.29 is 4.79 Å². The molecule has 1 fully saturated rings. The van der Waals surface area contributed by atoms with Gasteiger partial charge in [-0.15, -0.1) is 16.4 Å². The van der Waals surface area contributed by atoms with Crippen LogP contribution < -0.4 is 0 Å². The van der Waals surface area contributed by atoms with Gasteiger partial charge in [0.1, 0.15) is 0 Å². The number of rotatable bonds is 4. The molecule has 0 aromatic carbocycles. The van der Waals surface area contributed by atoms with Gasteiger partial charge in [-0.05, 0) is 31.2 Å². The van der Waals surface area contributed by atoms with Crippen molar-refractivity contribution >= 4 is 29.0 Å². The van der Waals surface area contributed by atoms with Gasteiger partial charge in [-0.1, -0.05) is 30.7 Å². The number of nitrogens with zero attached hydrogens (tertiary/aromatic N) is 3. The van der Waals surface area contributed by atoms with Crippen LogP contribution in [-0.4, -0.2) is 44.3 Å². The molecule has 0 spiro atoms. The van der Waals surface area contributed by atoms with Crippen LogP contribution in [0.4, 0.5) is 0 Å². The van der Waals surface area contributed by atoms with Gasteiger partial charge >= 0.3 is 0 Å². The van der Waals surface area contributed by atoms with Crippen molar-refractivity contribution in [1.82, 2.24) is 20.1 Å². The van der Waals surface area contributed by atoms with E-state index in [2.05, 4.69) is 15.2 Å². The molecular formula is C15H20N4OS2. The largest absolute Gasteiger partial charge is 0.342 e. The maximum absolute atomic E-state index is 12.5. The van der Waals surface area contributed by atoms with Gasteiger partial charge in [0.2, 0.25) is 11.1 Å². The van der Waals surface area contributed by atoms with Crippen molar-refractivity contribution in [3.8, 4) is 10.7 Å². The highest BCUT2D eigenvalue weighted by Gasteiger charge is 2.23. The molecule has 0 bridgehead atoms. The lowest BCUT2D eigenvalue weighted by Gasteiger charge is -2.23. The fourth-order valence-electron chi connectivity index (χ4n) is 2.58. The Kier molecular flexibility index (Phi) is 5.15. The summed E-state index contributed by atoms with van der Waals surface area (Å²) in [6.07, 6.45) is 4.70. The third-order valence-electron chi connectivity index (χ3n) is 3.77. The smallest absolute Gasteiger partial charge is 0.235 e. The number of thiophene rings is 1. The minimum Gasteiger partial charge on any atom is -0.342 e. The molecule has 0 unspecified atom stereocenters. The first-order chi connectivity index (χ1) is 10.7. The van der Waals surface area contributed by atoms with Crippen LogP contribution in [0, 0.1) is 0 Å². The zero-order valence-corrected chi connectivity index (χ0v) is 14.3. The number of amides is 1. The van der Waals surface area contributed by atoms with Crippen LogP contribution in [0.25, 0.3) is 10.7 Å². The first-order valence-corrected chi connectivity index (χ1v) is 9.41. The van der Waals surface area contributed by atoms with E-state index in [4.69, 9.17) is 0 Å². The number of carbonyl (C=O) groups excluding carboxylic acids is 1. The van der Waals surface area contributed by atoms with Crippen LogP contribution >= 0.6 is 23.1 Å². The SMILES string of the molecule is C[C@H](Sc1n[nH]c(-c2cccs2)n1)C(=O)N1CCCCCC1. The molecule has 5 nitrogen and oxygen atoms in total. The standard InChI is InChI=1S/C15H20N4OS2/c1-11(14(20)19-8-4-2-3-5-9-19)22-15-16-13(17-18-15)12-7-6-10-21-12/h6-7,10-11H,2-5,8-9H2,1H3,(H,16,17,18)/t11-/m0/s1. The van der Waals surface area contributed by atoms with Crippen LogP contribution in [0.1, 0.15) is 32.6 Å². The Morgan fingerprint density at radius 2 is 2.14 bits per heavy atom. The predicted molar refractivity (Wildman–Crippen MR) is 90.1 cm³/mol. The molecule has 22 heavy (non-hydrogen) atoms. The molecule has 1 saturated heterocycles. The summed E-state index contributed by atoms with van der Waals surface area (Å²) in [5.41, 5.74) is 0. The Labute approximate surface area is 138 Å². The van der Waals surface area contributed by atoms with Gasteiger partial charge < -0.3 is 4.90 Å². The van der Waals surface area contributed by atoms with Crippen LogP contribution in [0.3, 0.4) is 0 Å². The Hall–Kier alpha value is -1.34. The summed E-state index contributed by atoms with van der Waals surface area (Å²) < 4.78 is 0. The van der Waals surface area contributed by atoms with Gasteiger partial charge in [-0.2, -0.15) is 0 Å². The minimum absolute atomic E-state index is 0.148. The molecular weight excluding hydrogens is 316 g/mol. The van der Waals surface area contributed by atoms with Crippen LogP contribution in [0.2, 0.25) is 0 Å². The number of aromatic nitrogens is 3. The van der Waals surface area contributed by atoms with E-state index in [-0.39, 0.29) is 11.2 Å². The molecule has 0 radical (unpaired) electrons. The van der Waals surface area contributed by atoms with Gasteiger partial charge in [-0.3, -0.25) is 9.89 Å². The first-order valence-electron chi connectivity index (χ1n) is 7.66. The Morgan fingerprint density at radius 3 is 2.82 bits per heavy atom. The van der Waals surface area contributed by atoms with Gasteiger partial charge in [0, 0.05) is 13.1 Å². The number of H-pyrrole nitrogens is 1. The average Bonchev–Trinajstić information content (AvgIpc) is 3.13. The monoisotopic (exact) mass is 336 g/mol. The quantitative estimate of drug-likeness (QED) is 0.869. The summed E-state index contributed by atoms with van der Waals surface area (Å²) in [5, 5.41) is 9.67. The molecule has 2 aromatic rings. The second-order valence-electron chi connectivity index (χ2n) is 5.44. The molecule has 3 rings (SSSR count). The van der Waals surface area contributed by atoms with E-state index in [0.29, 0.717) is 5.16 Å². The zero-order valence-electron chi connectivity index (χ0n) is 12.6. The lowest BCUT2D eigenvalue weighted by Crippen LogP contribution is -2.37. The van der Waals surface area contributed by atoms with E-state index in [0.717, 1.165) is 36.6 Å². The van der Waals surface area contributed by atoms with Crippen molar-refractivity contribution in [2.45, 2.75) is 43.0 Å². The summed E-state index contributed by atoms with van der Waals surface area (Å²) in [4.78, 5) is 20.1. The Bertz CT molecular complexity index is 603. The molecule has 7 heteroatoms. The van der Waals surface area contributed by atoms with E-state index < -0.39 is 0 Å². The van der Waals surface area contributed by atoms with Crippen LogP contribution in [0.5, 0.6) is 0 Å². The molecule has 1 N–H and O–H groups in total. The second-order valence-corrected chi connectivity index (χ2v) is 7.70. The van der Waals surface area contributed by atoms with E-state index in [9.17, 15) is 4.79 Å². The van der Waals surface area contributed by atoms with Crippen molar-refractivity contribution in [2.24, 2.45) is 0 Å². The van der Waals surface area contributed by atoms with Gasteiger partial charge in [0.25, 0.3) is 0 Å². The van der Waals surface area contributed by atoms with Crippen LogP contribution in [-0.2, 0) is 4.79 Å². The molecule has 118 valence electrons. The highest BCUT2D eigenvalue weighted by Crippen LogP contribution is 2.26. The summed E-state index contributed by atoms with van der Waals surface area (Å²) in [6, 6.07) is 3.99. The number of aromatic amines is 1. The molecule has 1 atom stereocenters. The van der Waals surface area contributed by atoms with E-state index >= 15 is 0 Å². The van der Waals surface area contributed by atoms with Gasteiger partial charge in [-0.25, -0.2) is 4.98 Å². The van der Waals surface area contributed by atoms with Crippen molar-refractivity contribution in [3.63, 3.8) is 0 Å². The van der Waals surface area contributed by atoms with Crippen molar-refractivity contribution in [2.75, 3.05) is 13.1 Å². The van der Waals surface area contributed by atoms with E-state index in [1.807, 2.05) is 29.3 Å². The molecule has 2 aromatic heterocycles. The topological polar surface area (TPSA) is 61.9 Å². The highest BCUT2D eigenvalue weighted by molar-refractivity contribution is 8.00. The van der Waals surface area contributed by atoms with Gasteiger partial charge in [0.05, 0.1) is 10.1 Å². The first kappa shape index (κ1) is 15.6. The molecule has 0 aliphatic carbocycles. The molecule has 0 saturated carbocycles. The van der Waals surface area contributed by atoms with E-state index in [1.54, 1.807) is 11.3 Å². The highest BCUT2D eigenvalue weighted by atomic mass is 32.2. The molecule has 1 aliphatic rings. The van der Waals surface area contributed by atoms with Crippen LogP contribution in [0.15, 0.2) is 22.7 Å². The number of hydrogen-bond acceptors (Lipinski definition) is 5. The summed E-state index contributed by atoms with van der Waals surface area (Å²) in [7, 11) is 0. The van der Waals surface area contributed by atoms with Crippen molar-refractivity contribution in [3.05, 3.63) is 17.5 Å². The van der Waals surface area contributed by atoms with Gasteiger partial charge in [0.15, 0.2) is 5.82 Å². The third-order valence-corrected chi connectivity index (χ3v) is 5.59. The Morgan fingerprint density at radius 1 is 1.36 bits per heavy atom. The molecule has 1 aliphatic heterocycles. The number of hydrogen-bond donors (Lipinski definition) is 1. The van der Waals surface area contributed by atoms with E-state index in [1.165, 1.54) is 24.6 Å². The lowest BCUT2D eigenvalue weighted by atomic mass is 10.2. The second kappa shape index (κ2) is 7.28. The predicted octanol–water partition coefficient (Wildman–Crippen LogP) is 3.42. The molecule has 3 heterocycles. The number of thioether (sulfide) groups is 1. The Balaban J connectivity index is 1.61. The number of carbonyl (C=O) groups is 1. The fraction of sp³-hybridized carbons (Fsp3) is 0.533. The maximum atomic E-state index is 12.5. The average molecular weight is 336 g/mol. The van der Waals surface area contributed by atoms with Crippen molar-refractivity contribution in [1.29, 1.82) is 0 Å². The minimum atomic E-state index is -0.148. The zero-order chi connectivity index (χ0) is 15.4. The third kappa shape index (κ3) is 3.70. The lowest BCUT2D eigenvalue weighted by molar-refractivity contribution is -0.130. The number of likely N-dealkylation sites (tertiary alicyclic amines) is 1. The maximum Gasteiger partial charge on any atom is 0.235 e. The summed E-state index contributed by atoms with van der Waals surface area (Å²) in [5.74, 6) is 0.973. The fourth-order valence-corrected chi connectivity index (χ4v) is 4.05. The number of nitrogens with one attached hydrogen (secondary N) is 1.